The van der Waals surface area contributed by atoms with Crippen molar-refractivity contribution in [2.45, 2.75) is 39.9 Å². The fourth-order valence-corrected chi connectivity index (χ4v) is 12.4. The van der Waals surface area contributed by atoms with E-state index in [1.807, 2.05) is 6.07 Å². The third-order valence-electron chi connectivity index (χ3n) is 10.6. The molecule has 390 valence electrons. The molecule has 0 radical (unpaired) electrons. The minimum atomic E-state index is -5.39. The number of aromatic nitrogens is 3. The Morgan fingerprint density at radius 1 is 0.707 bits per heavy atom. The van der Waals surface area contributed by atoms with Crippen LogP contribution in [0.1, 0.15) is 23.1 Å². The van der Waals surface area contributed by atoms with Gasteiger partial charge in [-0.3, -0.25) is 27.2 Å². The van der Waals surface area contributed by atoms with E-state index < -0.39 is 127 Å². The number of nitriles is 1. The number of aryl methyl sites for hydroxylation is 1. The van der Waals surface area contributed by atoms with Gasteiger partial charge in [0, 0.05) is 17.0 Å². The van der Waals surface area contributed by atoms with Crippen LogP contribution in [-0.2, 0) is 50.6 Å². The van der Waals surface area contributed by atoms with Crippen molar-refractivity contribution in [3.05, 3.63) is 82.4 Å². The molecule has 0 saturated heterocycles. The number of ether oxygens (including phenoxy) is 1. The number of phenols is 1. The fraction of sp³-hybridized carbons (Fsp3) is 0.125. The molecule has 5 aromatic carbocycles. The number of aromatic hydroxyl groups is 2. The second-order valence-electron chi connectivity index (χ2n) is 15.6. The third-order valence-corrected chi connectivity index (χ3v) is 16.7. The molecule has 3 heterocycles. The van der Waals surface area contributed by atoms with Crippen molar-refractivity contribution in [2.24, 2.45) is 30.7 Å². The molecule has 0 saturated carbocycles. The Kier molecular flexibility index (Phi) is 14.0. The first-order valence-corrected chi connectivity index (χ1v) is 28.8. The molecular weight excluding hydrogens is 1140 g/mol. The van der Waals surface area contributed by atoms with Crippen LogP contribution in [0.2, 0.25) is 5.02 Å². The minimum absolute atomic E-state index is 0.0437. The molecule has 0 spiro atoms. The lowest BCUT2D eigenvalue weighted by Crippen LogP contribution is -2.08. The van der Waals surface area contributed by atoms with Crippen LogP contribution in [-0.4, -0.2) is 102 Å². The van der Waals surface area contributed by atoms with Gasteiger partial charge in [-0.15, -0.1) is 30.7 Å². The third kappa shape index (κ3) is 10.8. The number of azo groups is 3. The molecule has 0 bridgehead atoms. The highest BCUT2D eigenvalue weighted by Gasteiger charge is 2.30. The molecule has 0 atom stereocenters. The van der Waals surface area contributed by atoms with Gasteiger partial charge in [-0.05, 0) is 73.7 Å². The average Bonchev–Trinajstić information content (AvgIpc) is 3.89. The summed E-state index contributed by atoms with van der Waals surface area (Å²) in [6, 6.07) is 13.7. The quantitative estimate of drug-likeness (QED) is 0.0286. The Morgan fingerprint density at radius 2 is 1.33 bits per heavy atom. The summed E-state index contributed by atoms with van der Waals surface area (Å²) in [5.41, 5.74) is -1.89. The number of halogens is 1. The van der Waals surface area contributed by atoms with Crippen molar-refractivity contribution in [1.29, 1.82) is 5.26 Å². The summed E-state index contributed by atoms with van der Waals surface area (Å²) in [6.45, 7) is 2.36. The second kappa shape index (κ2) is 19.5. The number of rotatable bonds is 15. The summed E-state index contributed by atoms with van der Waals surface area (Å²) in [5.74, 6) is -2.77. The molecule has 0 aliphatic heterocycles. The van der Waals surface area contributed by atoms with E-state index in [4.69, 9.17) is 16.3 Å². The maximum atomic E-state index is 12.8. The van der Waals surface area contributed by atoms with Crippen LogP contribution in [0, 0.1) is 25.2 Å². The Bertz CT molecular complexity index is 4540. The second-order valence-corrected chi connectivity index (χ2v) is 24.1. The molecule has 8 rings (SSSR count). The maximum absolute atomic E-state index is 12.8. The monoisotopic (exact) mass is 1160 g/mol. The average molecular weight is 1170 g/mol. The van der Waals surface area contributed by atoms with Crippen LogP contribution in [0.15, 0.2) is 111 Å². The molecule has 0 aliphatic rings. The molecule has 3 aromatic heterocycles. The summed E-state index contributed by atoms with van der Waals surface area (Å²) in [4.78, 5) is 4.03. The van der Waals surface area contributed by atoms with Crippen molar-refractivity contribution < 1.29 is 79.8 Å². The van der Waals surface area contributed by atoms with Crippen molar-refractivity contribution in [3.63, 3.8) is 0 Å². The number of fused-ring (bicyclic) bond motifs is 5. The van der Waals surface area contributed by atoms with Gasteiger partial charge in [-0.1, -0.05) is 35.1 Å². The molecule has 0 unspecified atom stereocenters. The maximum Gasteiger partial charge on any atom is 0.297 e. The number of pyridine rings is 1. The highest BCUT2D eigenvalue weighted by molar-refractivity contribution is 7.87. The van der Waals surface area contributed by atoms with Crippen molar-refractivity contribution >= 4 is 145 Å². The van der Waals surface area contributed by atoms with E-state index >= 15 is 0 Å². The lowest BCUT2D eigenvalue weighted by atomic mass is 10.1. The summed E-state index contributed by atoms with van der Waals surface area (Å²) in [6.07, 6.45) is -0.326. The minimum Gasteiger partial charge on any atom is -0.505 e. The summed E-state index contributed by atoms with van der Waals surface area (Å²) in [5, 5.41) is 54.7. The van der Waals surface area contributed by atoms with Crippen LogP contribution in [0.25, 0.3) is 37.7 Å². The SMILES string of the molecule is Cc1cc(N=Nc2c(S(=O)(=O)O)cc3cc(S(=O)(=O)O)c(N=Nc4c(C)c(C#N)c5nc6ccccc6n5c4O)cc3c2O)c(OCCCS(=O)(=O)O)cc1N=Nc1nc2cc(S(=O)(=O)O)c(Cl)c(S(=O)(=O)O)c2s1. The van der Waals surface area contributed by atoms with Gasteiger partial charge >= 0.3 is 0 Å². The van der Waals surface area contributed by atoms with Gasteiger partial charge in [-0.2, -0.15) is 47.4 Å². The van der Waals surface area contributed by atoms with Gasteiger partial charge in [0.15, 0.2) is 17.1 Å². The van der Waals surface area contributed by atoms with E-state index in [2.05, 4.69) is 40.7 Å². The largest absolute Gasteiger partial charge is 0.505 e. The van der Waals surface area contributed by atoms with Gasteiger partial charge in [0.05, 0.1) is 44.3 Å². The zero-order valence-corrected chi connectivity index (χ0v) is 43.0. The summed E-state index contributed by atoms with van der Waals surface area (Å²) < 4.78 is 178. The summed E-state index contributed by atoms with van der Waals surface area (Å²) >= 11 is 6.42. The van der Waals surface area contributed by atoms with Gasteiger partial charge in [0.25, 0.3) is 50.6 Å². The number of phenolic OH excluding ortho intramolecular Hbond substituents is 1. The molecule has 7 N–H and O–H groups in total. The number of para-hydroxylation sites is 2. The van der Waals surface area contributed by atoms with Crippen molar-refractivity contribution in [3.8, 4) is 23.4 Å². The van der Waals surface area contributed by atoms with Crippen LogP contribution in [0.4, 0.5) is 33.6 Å². The predicted octanol–water partition coefficient (Wildman–Crippen LogP) is 8.69. The molecular formula is C40H29ClN10O18S6. The number of imidazole rings is 1. The number of hydrogen-bond donors (Lipinski definition) is 7. The lowest BCUT2D eigenvalue weighted by Gasteiger charge is -2.13. The number of nitrogens with zero attached hydrogens (tertiary/aromatic N) is 10. The molecule has 75 heavy (non-hydrogen) atoms. The fourth-order valence-electron chi connectivity index (χ4n) is 7.29. The zero-order chi connectivity index (χ0) is 54.9. The highest BCUT2D eigenvalue weighted by Crippen LogP contribution is 2.47. The first-order chi connectivity index (χ1) is 34.9. The van der Waals surface area contributed by atoms with E-state index in [1.165, 1.54) is 24.3 Å². The Balaban J connectivity index is 1.24. The van der Waals surface area contributed by atoms with Gasteiger partial charge in [0.1, 0.15) is 54.0 Å². The molecule has 8 aromatic rings. The number of thiazole rings is 1. The van der Waals surface area contributed by atoms with Crippen LogP contribution in [0.5, 0.6) is 17.4 Å². The van der Waals surface area contributed by atoms with E-state index in [1.54, 1.807) is 24.3 Å². The van der Waals surface area contributed by atoms with E-state index in [0.717, 1.165) is 12.1 Å². The Hall–Kier alpha value is -7.27. The molecule has 0 aliphatic carbocycles. The van der Waals surface area contributed by atoms with Crippen LogP contribution in [0.3, 0.4) is 0 Å². The molecule has 28 nitrogen and oxygen atoms in total. The Morgan fingerprint density at radius 3 is 1.97 bits per heavy atom. The standard InChI is InChI=1S/C40H29ClN10O18S6/c1-17-10-24(28(69-8-5-9-71(54,55)56)14-23(17)45-50-40-44-26-15-30(73(60,61)62)32(41)37(36(26)70-40)75(66,67)68)46-49-34-31(74(63,64)65)12-19-11-29(72(57,58)59)25(13-20(19)35(34)52)47-48-33-18(2)21(16-42)38-43-22-6-3-4-7-27(22)51(38)39(33)53/h3-4,6-7,10-15,52-53H,5,8-9H2,1-2H3,(H,54,55,56)(H,57,58,59)(H,60,61,62)(H,63,64,65)(H,66,67,68). The van der Waals surface area contributed by atoms with Crippen molar-refractivity contribution in [2.75, 3.05) is 12.4 Å². The molecule has 0 amide bonds. The van der Waals surface area contributed by atoms with Gasteiger partial charge in [0.2, 0.25) is 11.0 Å². The lowest BCUT2D eigenvalue weighted by molar-refractivity contribution is 0.317. The van der Waals surface area contributed by atoms with E-state index in [-0.39, 0.29) is 61.4 Å². The van der Waals surface area contributed by atoms with Crippen molar-refractivity contribution in [1.82, 2.24) is 14.4 Å². The van der Waals surface area contributed by atoms with Crippen LogP contribution < -0.4 is 4.74 Å². The highest BCUT2D eigenvalue weighted by atomic mass is 35.5. The Labute approximate surface area is 430 Å². The first-order valence-electron chi connectivity index (χ1n) is 20.2. The number of benzene rings is 5. The zero-order valence-electron chi connectivity index (χ0n) is 37.3. The van der Waals surface area contributed by atoms with E-state index in [0.29, 0.717) is 40.6 Å². The molecule has 35 heteroatoms. The van der Waals surface area contributed by atoms with Gasteiger partial charge in [-0.25, -0.2) is 9.97 Å². The van der Waals surface area contributed by atoms with Gasteiger partial charge < -0.3 is 14.9 Å². The smallest absolute Gasteiger partial charge is 0.297 e. The van der Waals surface area contributed by atoms with E-state index in [9.17, 15) is 80.3 Å². The molecule has 0 fully saturated rings. The summed E-state index contributed by atoms with van der Waals surface area (Å²) in [7, 11) is -25.5. The predicted molar refractivity (Wildman–Crippen MR) is 264 cm³/mol. The topological polar surface area (TPSA) is 450 Å². The van der Waals surface area contributed by atoms with Crippen LogP contribution >= 0.6 is 22.9 Å². The normalized spacial score (nSPS) is 13.2. The number of hydrogen-bond acceptors (Lipinski definition) is 23. The first kappa shape index (κ1) is 54.0.